The zero-order valence-corrected chi connectivity index (χ0v) is 43.0. The van der Waals surface area contributed by atoms with Crippen LogP contribution in [0.2, 0.25) is 0 Å². The fraction of sp³-hybridized carbons (Fsp3) is 0.694. The molecule has 0 aromatic heterocycles. The molecule has 22 nitrogen and oxygen atoms in total. The Morgan fingerprint density at radius 1 is 0.732 bits per heavy atom. The fourth-order valence-electron chi connectivity index (χ4n) is 8.47. The molecule has 1 aliphatic heterocycles. The largest absolute Gasteiger partial charge is 0.370 e. The molecule has 0 bridgehead atoms. The third-order valence-corrected chi connectivity index (χ3v) is 12.3. The van der Waals surface area contributed by atoms with Gasteiger partial charge in [0.25, 0.3) is 0 Å². The maximum atomic E-state index is 14.7. The normalized spacial score (nSPS) is 15.6. The van der Waals surface area contributed by atoms with Crippen LogP contribution in [0.3, 0.4) is 0 Å². The van der Waals surface area contributed by atoms with Gasteiger partial charge in [-0.15, -0.1) is 0 Å². The van der Waals surface area contributed by atoms with Gasteiger partial charge in [0.1, 0.15) is 30.2 Å². The zero-order valence-electron chi connectivity index (χ0n) is 43.0. The van der Waals surface area contributed by atoms with E-state index in [4.69, 9.17) is 28.7 Å². The monoisotopic (exact) mass is 999 g/mol. The Labute approximate surface area is 420 Å². The van der Waals surface area contributed by atoms with Gasteiger partial charge in [0, 0.05) is 32.2 Å². The summed E-state index contributed by atoms with van der Waals surface area (Å²) >= 11 is 0. The lowest BCUT2D eigenvalue weighted by Crippen LogP contribution is -2.59. The van der Waals surface area contributed by atoms with Crippen LogP contribution in [0.15, 0.2) is 35.3 Å². The number of carbonyl (C=O) groups excluding carboxylic acids is 8. The first-order valence-electron chi connectivity index (χ1n) is 25.3. The third kappa shape index (κ3) is 22.8. The molecule has 0 unspecified atom stereocenters. The maximum absolute atomic E-state index is 14.7. The van der Waals surface area contributed by atoms with Crippen LogP contribution in [0, 0.1) is 11.8 Å². The van der Waals surface area contributed by atoms with E-state index >= 15 is 0 Å². The number of carbonyl (C=O) groups is 8. The molecule has 0 aliphatic carbocycles. The molecule has 0 spiro atoms. The standard InChI is InChI=1S/C49H86N14O8/c1-31(2)28-37(44(67)58-35(43(52)66)19-14-25-56-49(53)54)60-46(69)39-21-15-26-63(39)48(71)36(18-10-12-23-50)59-45(68)38(62(33(5)6)27-22-34-16-8-7-9-17-34)20-11-13-24-55-47(70)42(32(3)4)61-41(65)30-57-40(64)29-51/h7-9,16-17,31-33,35-39,42H,10-15,18-30,50-51H2,1-6H3,(H2,52,66)(H,55,70)(H,57,64)(H,58,67)(H,59,68)(H,60,69)(H,61,65)(H4,53,54,56)/t35-,36-,37-,38-,39-,42-/m0/s1. The first-order chi connectivity index (χ1) is 33.7. The second-order valence-corrected chi connectivity index (χ2v) is 19.3. The average molecular weight is 999 g/mol. The molecule has 1 fully saturated rings. The number of hydrogen-bond acceptors (Lipinski definition) is 12. The number of likely N-dealkylation sites (tertiary alicyclic amines) is 1. The summed E-state index contributed by atoms with van der Waals surface area (Å²) in [6.07, 6.45) is 5.15. The Kier molecular flexibility index (Phi) is 28.4. The SMILES string of the molecule is CC(C)C[C@H](NC(=O)[C@@H]1CCCN1C(=O)[C@H](CCCCN)NC(=O)[C@H](CCCCNC(=O)[C@@H](NC(=O)CNC(=O)CN)C(C)C)N(CCc1ccccc1)C(C)C)C(=O)N[C@@H](CCCN=C(N)N)C(N)=O. The van der Waals surface area contributed by atoms with Crippen molar-refractivity contribution in [1.82, 2.24) is 41.7 Å². The second-order valence-electron chi connectivity index (χ2n) is 19.3. The molecule has 1 saturated heterocycles. The smallest absolute Gasteiger partial charge is 0.245 e. The van der Waals surface area contributed by atoms with Gasteiger partial charge in [-0.25, -0.2) is 0 Å². The van der Waals surface area contributed by atoms with Crippen LogP contribution in [-0.2, 0) is 44.8 Å². The molecule has 22 heteroatoms. The van der Waals surface area contributed by atoms with E-state index in [0.717, 1.165) is 5.56 Å². The van der Waals surface area contributed by atoms with Crippen molar-refractivity contribution in [2.45, 2.75) is 161 Å². The van der Waals surface area contributed by atoms with Crippen LogP contribution >= 0.6 is 0 Å². The van der Waals surface area contributed by atoms with E-state index in [1.165, 1.54) is 4.90 Å². The summed E-state index contributed by atoms with van der Waals surface area (Å²) in [5.74, 6) is -4.41. The molecule has 16 N–H and O–H groups in total. The highest BCUT2D eigenvalue weighted by molar-refractivity contribution is 5.96. The molecule has 6 atom stereocenters. The van der Waals surface area contributed by atoms with Gasteiger partial charge >= 0.3 is 0 Å². The Morgan fingerprint density at radius 3 is 2.00 bits per heavy atom. The number of benzene rings is 1. The molecule has 400 valence electrons. The van der Waals surface area contributed by atoms with Crippen molar-refractivity contribution in [1.29, 1.82) is 0 Å². The zero-order chi connectivity index (χ0) is 53.0. The molecule has 0 radical (unpaired) electrons. The summed E-state index contributed by atoms with van der Waals surface area (Å²) in [6.45, 7) is 12.5. The lowest BCUT2D eigenvalue weighted by Gasteiger charge is -2.36. The highest BCUT2D eigenvalue weighted by Gasteiger charge is 2.40. The molecule has 1 aromatic rings. The van der Waals surface area contributed by atoms with Gasteiger partial charge in [-0.1, -0.05) is 58.0 Å². The van der Waals surface area contributed by atoms with E-state index < -0.39 is 71.7 Å². The molecule has 8 amide bonds. The topological polar surface area (TPSA) is 358 Å². The van der Waals surface area contributed by atoms with Crippen molar-refractivity contribution < 1.29 is 38.4 Å². The number of nitrogens with two attached hydrogens (primary N) is 5. The average Bonchev–Trinajstić information content (AvgIpc) is 3.82. The van der Waals surface area contributed by atoms with Crippen molar-refractivity contribution in [3.05, 3.63) is 35.9 Å². The van der Waals surface area contributed by atoms with E-state index in [1.807, 2.05) is 58.0 Å². The Hall–Kier alpha value is -5.87. The van der Waals surface area contributed by atoms with Crippen molar-refractivity contribution in [3.8, 4) is 0 Å². The number of primary amides is 1. The predicted octanol–water partition coefficient (Wildman–Crippen LogP) is -1.03. The Morgan fingerprint density at radius 2 is 1.39 bits per heavy atom. The Balaban J connectivity index is 2.32. The maximum Gasteiger partial charge on any atom is 0.245 e. The van der Waals surface area contributed by atoms with Crippen molar-refractivity contribution in [3.63, 3.8) is 0 Å². The second kappa shape index (κ2) is 32.9. The summed E-state index contributed by atoms with van der Waals surface area (Å²) < 4.78 is 0. The Bertz CT molecular complexity index is 1880. The number of hydrogen-bond donors (Lipinski definition) is 11. The first-order valence-corrected chi connectivity index (χ1v) is 25.3. The van der Waals surface area contributed by atoms with Crippen LogP contribution in [-0.4, -0.2) is 151 Å². The lowest BCUT2D eigenvalue weighted by molar-refractivity contribution is -0.143. The molecular formula is C49H86N14O8. The minimum Gasteiger partial charge on any atom is -0.370 e. The molecular weight excluding hydrogens is 913 g/mol. The van der Waals surface area contributed by atoms with Gasteiger partial charge in [0.05, 0.1) is 19.1 Å². The molecule has 2 rings (SSSR count). The number of amides is 8. The van der Waals surface area contributed by atoms with Crippen LogP contribution in [0.25, 0.3) is 0 Å². The first kappa shape index (κ1) is 61.3. The fourth-order valence-corrected chi connectivity index (χ4v) is 8.47. The third-order valence-electron chi connectivity index (χ3n) is 12.3. The summed E-state index contributed by atoms with van der Waals surface area (Å²) in [5.41, 5.74) is 28.7. The molecule has 1 aliphatic rings. The summed E-state index contributed by atoms with van der Waals surface area (Å²) in [4.78, 5) is 114. The van der Waals surface area contributed by atoms with Gasteiger partial charge in [-0.3, -0.25) is 48.2 Å². The van der Waals surface area contributed by atoms with Crippen LogP contribution in [0.5, 0.6) is 0 Å². The van der Waals surface area contributed by atoms with Gasteiger partial charge in [0.15, 0.2) is 5.96 Å². The summed E-state index contributed by atoms with van der Waals surface area (Å²) in [5, 5.41) is 16.6. The molecule has 1 aromatic carbocycles. The summed E-state index contributed by atoms with van der Waals surface area (Å²) in [7, 11) is 0. The number of nitrogens with zero attached hydrogens (tertiary/aromatic N) is 3. The van der Waals surface area contributed by atoms with E-state index in [0.29, 0.717) is 70.9 Å². The van der Waals surface area contributed by atoms with E-state index in [2.05, 4.69) is 41.8 Å². The van der Waals surface area contributed by atoms with Crippen LogP contribution in [0.1, 0.15) is 118 Å². The van der Waals surface area contributed by atoms with Crippen molar-refractivity contribution in [2.24, 2.45) is 45.5 Å². The molecule has 0 saturated carbocycles. The van der Waals surface area contributed by atoms with E-state index in [9.17, 15) is 38.4 Å². The number of nitrogens with one attached hydrogen (secondary N) is 6. The summed E-state index contributed by atoms with van der Waals surface area (Å²) in [6, 6.07) is 4.37. The van der Waals surface area contributed by atoms with Crippen molar-refractivity contribution >= 4 is 53.2 Å². The van der Waals surface area contributed by atoms with Crippen LogP contribution in [0.4, 0.5) is 0 Å². The van der Waals surface area contributed by atoms with Gasteiger partial charge in [0.2, 0.25) is 47.3 Å². The number of guanidine groups is 1. The van der Waals surface area contributed by atoms with E-state index in [-0.39, 0.29) is 87.6 Å². The van der Waals surface area contributed by atoms with Crippen molar-refractivity contribution in [2.75, 3.05) is 45.8 Å². The van der Waals surface area contributed by atoms with Crippen LogP contribution < -0.4 is 60.6 Å². The van der Waals surface area contributed by atoms with Gasteiger partial charge < -0.3 is 65.5 Å². The minimum atomic E-state index is -1.04. The predicted molar refractivity (Wildman–Crippen MR) is 273 cm³/mol. The number of unbranched alkanes of at least 4 members (excludes halogenated alkanes) is 2. The minimum absolute atomic E-state index is 0.0331. The number of aliphatic imine (C=N–C) groups is 1. The highest BCUT2D eigenvalue weighted by Crippen LogP contribution is 2.22. The molecule has 71 heavy (non-hydrogen) atoms. The highest BCUT2D eigenvalue weighted by atomic mass is 16.2. The van der Waals surface area contributed by atoms with E-state index in [1.54, 1.807) is 13.8 Å². The quantitative estimate of drug-likeness (QED) is 0.0224. The van der Waals surface area contributed by atoms with Gasteiger partial charge in [-0.2, -0.15) is 0 Å². The number of rotatable bonds is 34. The van der Waals surface area contributed by atoms with Gasteiger partial charge in [-0.05, 0) is 115 Å². The lowest BCUT2D eigenvalue weighted by atomic mass is 10.0. The molecule has 1 heterocycles.